The highest BCUT2D eigenvalue weighted by atomic mass is 15.3. The van der Waals surface area contributed by atoms with Crippen LogP contribution in [0, 0.1) is 11.3 Å². The van der Waals surface area contributed by atoms with Gasteiger partial charge in [0.15, 0.2) is 5.69 Å². The molecule has 0 saturated carbocycles. The first kappa shape index (κ1) is 11.0. The van der Waals surface area contributed by atoms with E-state index in [9.17, 15) is 0 Å². The molecule has 0 saturated heterocycles. The summed E-state index contributed by atoms with van der Waals surface area (Å²) in [7, 11) is 0. The first-order valence-corrected chi connectivity index (χ1v) is 5.55. The summed E-state index contributed by atoms with van der Waals surface area (Å²) in [6.07, 6.45) is 4.99. The van der Waals surface area contributed by atoms with Crippen molar-refractivity contribution in [1.29, 1.82) is 5.26 Å². The van der Waals surface area contributed by atoms with Crippen LogP contribution >= 0.6 is 0 Å². The monoisotopic (exact) mass is 248 g/mol. The zero-order valence-corrected chi connectivity index (χ0v) is 9.78. The molecule has 3 rings (SSSR count). The number of benzene rings is 1. The Morgan fingerprint density at radius 3 is 2.32 bits per heavy atom. The lowest BCUT2D eigenvalue weighted by atomic mass is 10.0. The molecule has 2 aromatic heterocycles. The zero-order chi connectivity index (χ0) is 13.1. The molecule has 19 heavy (non-hydrogen) atoms. The van der Waals surface area contributed by atoms with Crippen molar-refractivity contribution in [2.45, 2.75) is 0 Å². The third kappa shape index (κ3) is 2.05. The van der Waals surface area contributed by atoms with Crippen LogP contribution in [0.5, 0.6) is 0 Å². The van der Waals surface area contributed by atoms with Gasteiger partial charge in [0.05, 0.1) is 0 Å². The molecule has 0 unspecified atom stereocenters. The van der Waals surface area contributed by atoms with Crippen LogP contribution in [0.3, 0.4) is 0 Å². The molecule has 0 atom stereocenters. The Bertz CT molecular complexity index is 724. The first-order valence-electron chi connectivity index (χ1n) is 5.55. The summed E-state index contributed by atoms with van der Waals surface area (Å²) in [5, 5.41) is 19.0. The number of rotatable bonds is 2. The van der Waals surface area contributed by atoms with Gasteiger partial charge in [-0.2, -0.15) is 5.26 Å². The number of aromatic amines is 1. The Morgan fingerprint density at radius 2 is 1.63 bits per heavy atom. The van der Waals surface area contributed by atoms with Gasteiger partial charge in [0.25, 0.3) is 0 Å². The van der Waals surface area contributed by atoms with Gasteiger partial charge >= 0.3 is 0 Å². The zero-order valence-electron chi connectivity index (χ0n) is 9.78. The molecule has 90 valence electrons. The van der Waals surface area contributed by atoms with Crippen molar-refractivity contribution in [3.8, 4) is 28.5 Å². The van der Waals surface area contributed by atoms with Crippen LogP contribution in [-0.2, 0) is 0 Å². The highest BCUT2D eigenvalue weighted by Gasteiger charge is 2.09. The van der Waals surface area contributed by atoms with E-state index in [1.54, 1.807) is 12.4 Å². The lowest BCUT2D eigenvalue weighted by Crippen LogP contribution is -1.85. The molecule has 6 heteroatoms. The van der Waals surface area contributed by atoms with Crippen LogP contribution in [0.4, 0.5) is 0 Å². The molecule has 3 aromatic rings. The van der Waals surface area contributed by atoms with E-state index in [0.29, 0.717) is 11.4 Å². The molecule has 0 amide bonds. The van der Waals surface area contributed by atoms with Crippen LogP contribution in [0.25, 0.3) is 22.4 Å². The normalized spacial score (nSPS) is 10.1. The van der Waals surface area contributed by atoms with Crippen molar-refractivity contribution in [2.75, 3.05) is 0 Å². The summed E-state index contributed by atoms with van der Waals surface area (Å²) in [6.45, 7) is 0. The maximum absolute atomic E-state index is 8.92. The van der Waals surface area contributed by atoms with Crippen LogP contribution in [0.1, 0.15) is 5.69 Å². The summed E-state index contributed by atoms with van der Waals surface area (Å²) in [6, 6.07) is 9.67. The number of nitriles is 1. The fraction of sp³-hybridized carbons (Fsp3) is 0. The largest absolute Gasteiger partial charge is 0.247 e. The van der Waals surface area contributed by atoms with Gasteiger partial charge in [-0.15, -0.1) is 5.10 Å². The van der Waals surface area contributed by atoms with Gasteiger partial charge in [0.1, 0.15) is 18.1 Å². The second-order valence-electron chi connectivity index (χ2n) is 3.85. The maximum Gasteiger partial charge on any atom is 0.163 e. The second kappa shape index (κ2) is 4.66. The predicted octanol–water partition coefficient (Wildman–Crippen LogP) is 1.80. The van der Waals surface area contributed by atoms with Crippen molar-refractivity contribution in [1.82, 2.24) is 25.4 Å². The number of hydrogen-bond donors (Lipinski definition) is 1. The van der Waals surface area contributed by atoms with Gasteiger partial charge in [0.2, 0.25) is 0 Å². The molecule has 2 heterocycles. The quantitative estimate of drug-likeness (QED) is 0.746. The molecule has 0 fully saturated rings. The van der Waals surface area contributed by atoms with Gasteiger partial charge in [-0.25, -0.2) is 15.1 Å². The van der Waals surface area contributed by atoms with Gasteiger partial charge in [-0.3, -0.25) is 0 Å². The molecule has 0 aliphatic carbocycles. The SMILES string of the molecule is N#Cc1[nH]nnc1-c1ccc(-c2cncnc2)cc1. The van der Waals surface area contributed by atoms with E-state index in [0.717, 1.165) is 16.7 Å². The smallest absolute Gasteiger partial charge is 0.163 e. The topological polar surface area (TPSA) is 91.1 Å². The van der Waals surface area contributed by atoms with E-state index in [1.807, 2.05) is 30.3 Å². The van der Waals surface area contributed by atoms with Crippen molar-refractivity contribution < 1.29 is 0 Å². The van der Waals surface area contributed by atoms with Gasteiger partial charge in [0, 0.05) is 23.5 Å². The Kier molecular flexibility index (Phi) is 2.71. The third-order valence-electron chi connectivity index (χ3n) is 2.71. The molecule has 0 aliphatic heterocycles. The number of H-pyrrole nitrogens is 1. The molecule has 1 aromatic carbocycles. The highest BCUT2D eigenvalue weighted by molar-refractivity contribution is 5.69. The van der Waals surface area contributed by atoms with E-state index in [-0.39, 0.29) is 0 Å². The predicted molar refractivity (Wildman–Crippen MR) is 67.6 cm³/mol. The maximum atomic E-state index is 8.92. The Morgan fingerprint density at radius 1 is 0.947 bits per heavy atom. The number of nitrogens with zero attached hydrogens (tertiary/aromatic N) is 5. The fourth-order valence-electron chi connectivity index (χ4n) is 1.78. The Hall–Kier alpha value is -3.07. The van der Waals surface area contributed by atoms with Gasteiger partial charge < -0.3 is 0 Å². The summed E-state index contributed by atoms with van der Waals surface area (Å²) < 4.78 is 0. The van der Waals surface area contributed by atoms with E-state index in [4.69, 9.17) is 5.26 Å². The average Bonchev–Trinajstić information content (AvgIpc) is 2.97. The molecular formula is C13H8N6. The summed E-state index contributed by atoms with van der Waals surface area (Å²) in [5.41, 5.74) is 3.70. The van der Waals surface area contributed by atoms with Crippen LogP contribution in [0.15, 0.2) is 43.0 Å². The molecule has 0 aliphatic rings. The van der Waals surface area contributed by atoms with Crippen molar-refractivity contribution in [3.05, 3.63) is 48.7 Å². The summed E-state index contributed by atoms with van der Waals surface area (Å²) in [4.78, 5) is 7.96. The summed E-state index contributed by atoms with van der Waals surface area (Å²) >= 11 is 0. The summed E-state index contributed by atoms with van der Waals surface area (Å²) in [5.74, 6) is 0. The van der Waals surface area contributed by atoms with Crippen LogP contribution in [0.2, 0.25) is 0 Å². The number of hydrogen-bond acceptors (Lipinski definition) is 5. The lowest BCUT2D eigenvalue weighted by Gasteiger charge is -2.01. The van der Waals surface area contributed by atoms with Crippen molar-refractivity contribution in [3.63, 3.8) is 0 Å². The van der Waals surface area contributed by atoms with E-state index in [2.05, 4.69) is 25.4 Å². The van der Waals surface area contributed by atoms with Gasteiger partial charge in [-0.05, 0) is 5.56 Å². The minimum absolute atomic E-state index is 0.357. The molecule has 0 spiro atoms. The average molecular weight is 248 g/mol. The molecular weight excluding hydrogens is 240 g/mol. The number of aromatic nitrogens is 5. The molecule has 0 bridgehead atoms. The highest BCUT2D eigenvalue weighted by Crippen LogP contribution is 2.23. The third-order valence-corrected chi connectivity index (χ3v) is 2.71. The second-order valence-corrected chi connectivity index (χ2v) is 3.85. The van der Waals surface area contributed by atoms with Crippen LogP contribution in [-0.4, -0.2) is 25.4 Å². The molecule has 0 radical (unpaired) electrons. The molecule has 6 nitrogen and oxygen atoms in total. The van der Waals surface area contributed by atoms with E-state index in [1.165, 1.54) is 6.33 Å². The minimum atomic E-state index is 0.357. The number of nitrogens with one attached hydrogen (secondary N) is 1. The standard InChI is InChI=1S/C13H8N6/c14-5-12-13(18-19-17-12)10-3-1-9(2-4-10)11-6-15-8-16-7-11/h1-4,6-8H,(H,17,18,19). The molecule has 1 N–H and O–H groups in total. The fourth-order valence-corrected chi connectivity index (χ4v) is 1.78. The Labute approximate surface area is 108 Å². The van der Waals surface area contributed by atoms with E-state index < -0.39 is 0 Å². The first-order chi connectivity index (χ1) is 9.38. The Balaban J connectivity index is 1.98. The van der Waals surface area contributed by atoms with Gasteiger partial charge in [-0.1, -0.05) is 29.5 Å². The van der Waals surface area contributed by atoms with Crippen LogP contribution < -0.4 is 0 Å². The van der Waals surface area contributed by atoms with Crippen molar-refractivity contribution >= 4 is 0 Å². The van der Waals surface area contributed by atoms with Crippen molar-refractivity contribution in [2.24, 2.45) is 0 Å². The minimum Gasteiger partial charge on any atom is -0.247 e. The van der Waals surface area contributed by atoms with E-state index >= 15 is 0 Å². The lowest BCUT2D eigenvalue weighted by molar-refractivity contribution is 0.937.